The molecule has 21 heavy (non-hydrogen) atoms. The smallest absolute Gasteiger partial charge is 0.321 e. The van der Waals surface area contributed by atoms with Crippen molar-refractivity contribution in [2.24, 2.45) is 0 Å². The van der Waals surface area contributed by atoms with Gasteiger partial charge in [-0.15, -0.1) is 0 Å². The first-order valence-corrected chi connectivity index (χ1v) is 7.57. The molecule has 0 spiro atoms. The SMILES string of the molecule is CC(=O)c1ccc(S(=O)(=O)N(C)CC(=O)OCCO)cc1. The van der Waals surface area contributed by atoms with E-state index in [9.17, 15) is 18.0 Å². The number of benzene rings is 1. The molecule has 0 amide bonds. The third-order valence-electron chi connectivity index (χ3n) is 2.68. The molecule has 7 nitrogen and oxygen atoms in total. The van der Waals surface area contributed by atoms with E-state index in [4.69, 9.17) is 5.11 Å². The molecule has 1 N–H and O–H groups in total. The Bertz CT molecular complexity index is 608. The average Bonchev–Trinajstić information content (AvgIpc) is 2.45. The maximum atomic E-state index is 12.2. The molecule has 0 saturated carbocycles. The summed E-state index contributed by atoms with van der Waals surface area (Å²) in [4.78, 5) is 22.5. The third-order valence-corrected chi connectivity index (χ3v) is 4.49. The second-order valence-corrected chi connectivity index (χ2v) is 6.33. The number of hydrogen-bond donors (Lipinski definition) is 1. The van der Waals surface area contributed by atoms with Gasteiger partial charge in [-0.1, -0.05) is 12.1 Å². The molecule has 0 saturated heterocycles. The molecule has 0 bridgehead atoms. The zero-order valence-corrected chi connectivity index (χ0v) is 12.6. The lowest BCUT2D eigenvalue weighted by Gasteiger charge is -2.16. The number of ketones is 1. The van der Waals surface area contributed by atoms with Crippen molar-refractivity contribution in [1.82, 2.24) is 4.31 Å². The summed E-state index contributed by atoms with van der Waals surface area (Å²) < 4.78 is 29.9. The number of aliphatic hydroxyl groups excluding tert-OH is 1. The van der Waals surface area contributed by atoms with Crippen molar-refractivity contribution in [3.63, 3.8) is 0 Å². The molecule has 1 aromatic carbocycles. The summed E-state index contributed by atoms with van der Waals surface area (Å²) in [5.74, 6) is -0.921. The van der Waals surface area contributed by atoms with Crippen molar-refractivity contribution in [2.75, 3.05) is 26.8 Å². The number of carbonyl (C=O) groups is 2. The number of ether oxygens (including phenoxy) is 1. The normalized spacial score (nSPS) is 11.4. The second kappa shape index (κ2) is 7.30. The van der Waals surface area contributed by atoms with Crippen LogP contribution in [0.5, 0.6) is 0 Å². The largest absolute Gasteiger partial charge is 0.462 e. The van der Waals surface area contributed by atoms with E-state index in [1.807, 2.05) is 0 Å². The summed E-state index contributed by atoms with van der Waals surface area (Å²) in [5, 5.41) is 8.52. The first-order chi connectivity index (χ1) is 9.78. The standard InChI is InChI=1S/C13H17NO6S/c1-10(16)11-3-5-12(6-4-11)21(18,19)14(2)9-13(17)20-8-7-15/h3-6,15H,7-9H2,1-2H3. The lowest BCUT2D eigenvalue weighted by Crippen LogP contribution is -2.33. The maximum Gasteiger partial charge on any atom is 0.321 e. The number of carbonyl (C=O) groups excluding carboxylic acids is 2. The number of hydrogen-bond acceptors (Lipinski definition) is 6. The quantitative estimate of drug-likeness (QED) is 0.563. The van der Waals surface area contributed by atoms with E-state index >= 15 is 0 Å². The van der Waals surface area contributed by atoms with Crippen LogP contribution in [0.4, 0.5) is 0 Å². The van der Waals surface area contributed by atoms with Gasteiger partial charge in [0.1, 0.15) is 13.2 Å². The van der Waals surface area contributed by atoms with Gasteiger partial charge in [-0.25, -0.2) is 8.42 Å². The first kappa shape index (κ1) is 17.3. The lowest BCUT2D eigenvalue weighted by atomic mass is 10.2. The molecular weight excluding hydrogens is 298 g/mol. The van der Waals surface area contributed by atoms with Crippen molar-refractivity contribution < 1.29 is 27.9 Å². The highest BCUT2D eigenvalue weighted by molar-refractivity contribution is 7.89. The molecule has 0 aliphatic heterocycles. The summed E-state index contributed by atoms with van der Waals surface area (Å²) in [6.07, 6.45) is 0. The van der Waals surface area contributed by atoms with Crippen LogP contribution in [0.1, 0.15) is 17.3 Å². The lowest BCUT2D eigenvalue weighted by molar-refractivity contribution is -0.144. The topological polar surface area (TPSA) is 101 Å². The van der Waals surface area contributed by atoms with Gasteiger partial charge in [-0.3, -0.25) is 9.59 Å². The van der Waals surface area contributed by atoms with Crippen molar-refractivity contribution in [3.05, 3.63) is 29.8 Å². The summed E-state index contributed by atoms with van der Waals surface area (Å²) in [6.45, 7) is 0.415. The number of nitrogens with zero attached hydrogens (tertiary/aromatic N) is 1. The molecule has 0 atom stereocenters. The minimum absolute atomic E-state index is 0.0232. The minimum atomic E-state index is -3.84. The van der Waals surface area contributed by atoms with Gasteiger partial charge in [0.05, 0.1) is 11.5 Å². The molecule has 1 rings (SSSR count). The summed E-state index contributed by atoms with van der Waals surface area (Å²) in [5.41, 5.74) is 0.402. The number of likely N-dealkylation sites (N-methyl/N-ethyl adjacent to an activating group) is 1. The van der Waals surface area contributed by atoms with Gasteiger partial charge in [-0.05, 0) is 19.1 Å². The summed E-state index contributed by atoms with van der Waals surface area (Å²) in [6, 6.07) is 5.43. The van der Waals surface area contributed by atoms with E-state index in [1.54, 1.807) is 0 Å². The fourth-order valence-corrected chi connectivity index (χ4v) is 2.63. The number of sulfonamides is 1. The van der Waals surface area contributed by atoms with Crippen LogP contribution in [0.25, 0.3) is 0 Å². The van der Waals surface area contributed by atoms with Gasteiger partial charge in [-0.2, -0.15) is 4.31 Å². The van der Waals surface area contributed by atoms with E-state index in [2.05, 4.69) is 4.74 Å². The van der Waals surface area contributed by atoms with Gasteiger partial charge in [0, 0.05) is 12.6 Å². The first-order valence-electron chi connectivity index (χ1n) is 6.13. The van der Waals surface area contributed by atoms with Gasteiger partial charge in [0.2, 0.25) is 10.0 Å². The summed E-state index contributed by atoms with van der Waals surface area (Å²) in [7, 11) is -2.60. The maximum absolute atomic E-state index is 12.2. The van der Waals surface area contributed by atoms with Crippen LogP contribution in [-0.4, -0.2) is 56.4 Å². The highest BCUT2D eigenvalue weighted by atomic mass is 32.2. The molecule has 116 valence electrons. The monoisotopic (exact) mass is 315 g/mol. The molecule has 0 radical (unpaired) electrons. The average molecular weight is 315 g/mol. The van der Waals surface area contributed by atoms with Gasteiger partial charge < -0.3 is 9.84 Å². The predicted octanol–water partition coefficient (Wildman–Crippen LogP) is 0.0452. The number of esters is 1. The minimum Gasteiger partial charge on any atom is -0.462 e. The Hall–Kier alpha value is -1.77. The zero-order valence-electron chi connectivity index (χ0n) is 11.8. The van der Waals surface area contributed by atoms with Crippen LogP contribution in [0.2, 0.25) is 0 Å². The Kier molecular flexibility index (Phi) is 6.01. The van der Waals surface area contributed by atoms with E-state index in [-0.39, 0.29) is 23.9 Å². The number of rotatable bonds is 7. The van der Waals surface area contributed by atoms with Crippen molar-refractivity contribution >= 4 is 21.8 Å². The van der Waals surface area contributed by atoms with Crippen LogP contribution in [0.15, 0.2) is 29.2 Å². The zero-order chi connectivity index (χ0) is 16.0. The Morgan fingerprint density at radius 3 is 2.29 bits per heavy atom. The number of aliphatic hydroxyl groups is 1. The molecule has 1 aromatic rings. The molecule has 0 fully saturated rings. The van der Waals surface area contributed by atoms with E-state index in [0.717, 1.165) is 4.31 Å². The van der Waals surface area contributed by atoms with Crippen molar-refractivity contribution in [3.8, 4) is 0 Å². The Labute approximate surface area is 123 Å². The predicted molar refractivity (Wildman–Crippen MR) is 74.3 cm³/mol. The molecule has 0 aromatic heterocycles. The highest BCUT2D eigenvalue weighted by Gasteiger charge is 2.23. The van der Waals surface area contributed by atoms with Gasteiger partial charge in [0.25, 0.3) is 0 Å². The molecule has 8 heteroatoms. The fraction of sp³-hybridized carbons (Fsp3) is 0.385. The van der Waals surface area contributed by atoms with Crippen molar-refractivity contribution in [1.29, 1.82) is 0 Å². The fourth-order valence-electron chi connectivity index (χ4n) is 1.51. The molecule has 0 heterocycles. The summed E-state index contributed by atoms with van der Waals surface area (Å²) >= 11 is 0. The Morgan fingerprint density at radius 2 is 1.81 bits per heavy atom. The van der Waals surface area contributed by atoms with Crippen LogP contribution >= 0.6 is 0 Å². The molecule has 0 aliphatic carbocycles. The van der Waals surface area contributed by atoms with Crippen LogP contribution in [0, 0.1) is 0 Å². The highest BCUT2D eigenvalue weighted by Crippen LogP contribution is 2.15. The van der Waals surface area contributed by atoms with Crippen molar-refractivity contribution in [2.45, 2.75) is 11.8 Å². The van der Waals surface area contributed by atoms with E-state index in [0.29, 0.717) is 5.56 Å². The van der Waals surface area contributed by atoms with E-state index in [1.165, 1.54) is 38.2 Å². The van der Waals surface area contributed by atoms with Crippen LogP contribution in [0.3, 0.4) is 0 Å². The third kappa shape index (κ3) is 4.62. The van der Waals surface area contributed by atoms with Gasteiger partial charge in [0.15, 0.2) is 5.78 Å². The molecular formula is C13H17NO6S. The Morgan fingerprint density at radius 1 is 1.24 bits per heavy atom. The van der Waals surface area contributed by atoms with Gasteiger partial charge >= 0.3 is 5.97 Å². The Balaban J connectivity index is 2.84. The number of Topliss-reactive ketones (excluding diaryl/α,β-unsaturated/α-hetero) is 1. The molecule has 0 aliphatic rings. The molecule has 0 unspecified atom stereocenters. The van der Waals surface area contributed by atoms with Crippen LogP contribution < -0.4 is 0 Å². The second-order valence-electron chi connectivity index (χ2n) is 4.29. The van der Waals surface area contributed by atoms with Crippen LogP contribution in [-0.2, 0) is 19.6 Å². The van der Waals surface area contributed by atoms with E-state index < -0.39 is 22.5 Å².